The summed E-state index contributed by atoms with van der Waals surface area (Å²) < 4.78 is 14.9. The number of carbonyl (C=O) groups excluding carboxylic acids is 1. The Morgan fingerprint density at radius 1 is 1.21 bits per heavy atom. The highest BCUT2D eigenvalue weighted by Gasteiger charge is 2.17. The molecule has 0 radical (unpaired) electrons. The molecule has 0 saturated heterocycles. The zero-order chi connectivity index (χ0) is 20.1. The molecule has 0 bridgehead atoms. The molecule has 28 heavy (non-hydrogen) atoms. The maximum Gasteiger partial charge on any atom is 0.292 e. The highest BCUT2D eigenvalue weighted by molar-refractivity contribution is 7.99. The van der Waals surface area contributed by atoms with Gasteiger partial charge in [-0.3, -0.25) is 14.9 Å². The predicted molar refractivity (Wildman–Crippen MR) is 104 cm³/mol. The van der Waals surface area contributed by atoms with Crippen LogP contribution in [-0.2, 0) is 11.3 Å². The summed E-state index contributed by atoms with van der Waals surface area (Å²) >= 11 is 1.17. The summed E-state index contributed by atoms with van der Waals surface area (Å²) in [6.45, 7) is 2.47. The Hall–Kier alpha value is -3.27. The smallest absolute Gasteiger partial charge is 0.292 e. The van der Waals surface area contributed by atoms with Crippen molar-refractivity contribution in [1.82, 2.24) is 14.8 Å². The molecule has 8 nitrogen and oxygen atoms in total. The molecule has 3 rings (SSSR count). The van der Waals surface area contributed by atoms with Crippen molar-refractivity contribution in [2.45, 2.75) is 18.6 Å². The zero-order valence-corrected chi connectivity index (χ0v) is 15.6. The van der Waals surface area contributed by atoms with E-state index >= 15 is 0 Å². The first-order chi connectivity index (χ1) is 13.5. The average Bonchev–Trinajstić information content (AvgIpc) is 3.10. The van der Waals surface area contributed by atoms with E-state index in [0.717, 1.165) is 0 Å². The molecule has 1 aromatic heterocycles. The maximum absolute atomic E-state index is 13.1. The van der Waals surface area contributed by atoms with Crippen LogP contribution in [0.15, 0.2) is 53.7 Å². The number of nitrogens with zero attached hydrogens (tertiary/aromatic N) is 4. The Labute approximate surface area is 163 Å². The van der Waals surface area contributed by atoms with E-state index in [1.165, 1.54) is 42.1 Å². The van der Waals surface area contributed by atoms with Gasteiger partial charge in [0.15, 0.2) is 11.0 Å². The summed E-state index contributed by atoms with van der Waals surface area (Å²) in [4.78, 5) is 22.7. The van der Waals surface area contributed by atoms with Gasteiger partial charge < -0.3 is 9.88 Å². The molecule has 1 amide bonds. The standard InChI is InChI=1S/C18H16FN5O3S/c1-2-23-17(12-7-9-13(19)10-8-12)21-22-18(23)28-11-16(25)20-14-5-3-4-6-15(14)24(26)27/h3-10H,2,11H2,1H3,(H,20,25). The zero-order valence-electron chi connectivity index (χ0n) is 14.8. The third-order valence-electron chi connectivity index (χ3n) is 3.84. The first kappa shape index (κ1) is 19.5. The molecule has 0 saturated carbocycles. The Bertz CT molecular complexity index is 1010. The van der Waals surface area contributed by atoms with Crippen LogP contribution >= 0.6 is 11.8 Å². The summed E-state index contributed by atoms with van der Waals surface area (Å²) in [5.41, 5.74) is 0.685. The maximum atomic E-state index is 13.1. The van der Waals surface area contributed by atoms with Gasteiger partial charge >= 0.3 is 0 Å². The summed E-state index contributed by atoms with van der Waals surface area (Å²) in [6, 6.07) is 11.9. The number of aromatic nitrogens is 3. The molecule has 10 heteroatoms. The van der Waals surface area contributed by atoms with Crippen molar-refractivity contribution >= 4 is 29.0 Å². The van der Waals surface area contributed by atoms with Crippen molar-refractivity contribution in [3.8, 4) is 11.4 Å². The van der Waals surface area contributed by atoms with E-state index in [0.29, 0.717) is 23.1 Å². The molecular formula is C18H16FN5O3S. The molecule has 2 aromatic carbocycles. The number of rotatable bonds is 7. The minimum absolute atomic E-state index is 0.00754. The van der Waals surface area contributed by atoms with Crippen LogP contribution in [0.5, 0.6) is 0 Å². The number of nitrogens with one attached hydrogen (secondary N) is 1. The third-order valence-corrected chi connectivity index (χ3v) is 4.81. The van der Waals surface area contributed by atoms with Crippen molar-refractivity contribution in [1.29, 1.82) is 0 Å². The van der Waals surface area contributed by atoms with Crippen molar-refractivity contribution in [2.24, 2.45) is 0 Å². The fourth-order valence-corrected chi connectivity index (χ4v) is 3.35. The molecule has 1 heterocycles. The van der Waals surface area contributed by atoms with Gasteiger partial charge in [-0.2, -0.15) is 0 Å². The van der Waals surface area contributed by atoms with Gasteiger partial charge in [-0.25, -0.2) is 4.39 Å². The molecule has 0 aliphatic heterocycles. The van der Waals surface area contributed by atoms with Gasteiger partial charge in [0, 0.05) is 18.2 Å². The second kappa shape index (κ2) is 8.61. The average molecular weight is 401 g/mol. The summed E-state index contributed by atoms with van der Waals surface area (Å²) in [6.07, 6.45) is 0. The topological polar surface area (TPSA) is 103 Å². The number of nitro groups is 1. The second-order valence-corrected chi connectivity index (χ2v) is 6.61. The Balaban J connectivity index is 1.70. The Morgan fingerprint density at radius 2 is 1.93 bits per heavy atom. The number of nitro benzene ring substituents is 1. The first-order valence-corrected chi connectivity index (χ1v) is 9.33. The predicted octanol–water partition coefficient (Wildman–Crippen LogP) is 3.74. The SMILES string of the molecule is CCn1c(SCC(=O)Nc2ccccc2[N+](=O)[O-])nnc1-c1ccc(F)cc1. The lowest BCUT2D eigenvalue weighted by atomic mass is 10.2. The van der Waals surface area contributed by atoms with E-state index in [1.807, 2.05) is 11.5 Å². The molecule has 1 N–H and O–H groups in total. The van der Waals surface area contributed by atoms with Crippen LogP contribution in [0.3, 0.4) is 0 Å². The molecule has 0 aliphatic carbocycles. The number of thioether (sulfide) groups is 1. The fraction of sp³-hybridized carbons (Fsp3) is 0.167. The summed E-state index contributed by atoms with van der Waals surface area (Å²) in [5.74, 6) is -0.155. The van der Waals surface area contributed by atoms with Crippen molar-refractivity contribution in [3.63, 3.8) is 0 Å². The summed E-state index contributed by atoms with van der Waals surface area (Å²) in [7, 11) is 0. The Kier molecular flexibility index (Phi) is 5.99. The molecule has 0 fully saturated rings. The Morgan fingerprint density at radius 3 is 2.61 bits per heavy atom. The quantitative estimate of drug-likeness (QED) is 0.367. The van der Waals surface area contributed by atoms with Gasteiger partial charge in [0.2, 0.25) is 5.91 Å². The lowest BCUT2D eigenvalue weighted by molar-refractivity contribution is -0.383. The van der Waals surface area contributed by atoms with Gasteiger partial charge in [-0.1, -0.05) is 23.9 Å². The van der Waals surface area contributed by atoms with E-state index in [9.17, 15) is 19.3 Å². The lowest BCUT2D eigenvalue weighted by Crippen LogP contribution is -2.15. The van der Waals surface area contributed by atoms with Gasteiger partial charge in [0.1, 0.15) is 11.5 Å². The lowest BCUT2D eigenvalue weighted by Gasteiger charge is -2.08. The first-order valence-electron chi connectivity index (χ1n) is 8.34. The largest absolute Gasteiger partial charge is 0.320 e. The van der Waals surface area contributed by atoms with E-state index in [1.54, 1.807) is 18.2 Å². The second-order valence-electron chi connectivity index (χ2n) is 5.67. The van der Waals surface area contributed by atoms with Crippen LogP contribution in [0.4, 0.5) is 15.8 Å². The molecule has 144 valence electrons. The highest BCUT2D eigenvalue weighted by atomic mass is 32.2. The minimum Gasteiger partial charge on any atom is -0.320 e. The number of anilines is 1. The van der Waals surface area contributed by atoms with E-state index in [4.69, 9.17) is 0 Å². The van der Waals surface area contributed by atoms with Gasteiger partial charge in [-0.15, -0.1) is 10.2 Å². The molecule has 0 aliphatic rings. The summed E-state index contributed by atoms with van der Waals surface area (Å²) in [5, 5.41) is 22.3. The molecule has 0 unspecified atom stereocenters. The molecular weight excluding hydrogens is 385 g/mol. The number of hydrogen-bond acceptors (Lipinski definition) is 6. The van der Waals surface area contributed by atoms with Gasteiger partial charge in [-0.05, 0) is 37.3 Å². The van der Waals surface area contributed by atoms with Gasteiger partial charge in [0.25, 0.3) is 5.69 Å². The van der Waals surface area contributed by atoms with E-state index < -0.39 is 10.8 Å². The number of halogens is 1. The van der Waals surface area contributed by atoms with E-state index in [-0.39, 0.29) is 22.9 Å². The minimum atomic E-state index is -0.550. The van der Waals surface area contributed by atoms with Crippen LogP contribution in [0.1, 0.15) is 6.92 Å². The third kappa shape index (κ3) is 4.34. The molecule has 0 atom stereocenters. The number of carbonyl (C=O) groups is 1. The van der Waals surface area contributed by atoms with E-state index in [2.05, 4.69) is 15.5 Å². The molecule has 3 aromatic rings. The highest BCUT2D eigenvalue weighted by Crippen LogP contribution is 2.26. The van der Waals surface area contributed by atoms with Crippen LogP contribution in [0.25, 0.3) is 11.4 Å². The van der Waals surface area contributed by atoms with Gasteiger partial charge in [0.05, 0.1) is 10.7 Å². The number of amides is 1. The van der Waals surface area contributed by atoms with Crippen LogP contribution < -0.4 is 5.32 Å². The van der Waals surface area contributed by atoms with Crippen LogP contribution in [0, 0.1) is 15.9 Å². The number of benzene rings is 2. The number of hydrogen-bond donors (Lipinski definition) is 1. The van der Waals surface area contributed by atoms with Crippen LogP contribution in [0.2, 0.25) is 0 Å². The number of para-hydroxylation sites is 2. The van der Waals surface area contributed by atoms with Crippen molar-refractivity contribution < 1.29 is 14.1 Å². The van der Waals surface area contributed by atoms with Crippen LogP contribution in [-0.4, -0.2) is 31.3 Å². The fourth-order valence-electron chi connectivity index (χ4n) is 2.55. The normalized spacial score (nSPS) is 10.6. The van der Waals surface area contributed by atoms with Crippen molar-refractivity contribution in [2.75, 3.05) is 11.1 Å². The molecule has 0 spiro atoms. The van der Waals surface area contributed by atoms with Crippen molar-refractivity contribution in [3.05, 3.63) is 64.5 Å². The monoisotopic (exact) mass is 401 g/mol.